The van der Waals surface area contributed by atoms with Crippen molar-refractivity contribution >= 4 is 21.8 Å². The number of hydrogen-bond acceptors (Lipinski definition) is 3. The van der Waals surface area contributed by atoms with Crippen LogP contribution < -0.4 is 10.1 Å². The van der Waals surface area contributed by atoms with E-state index in [0.29, 0.717) is 5.75 Å². The van der Waals surface area contributed by atoms with Gasteiger partial charge in [-0.3, -0.25) is 4.79 Å². The van der Waals surface area contributed by atoms with Gasteiger partial charge in [0.25, 0.3) is 5.91 Å². The number of benzene rings is 1. The third kappa shape index (κ3) is 4.45. The maximum absolute atomic E-state index is 12.4. The minimum absolute atomic E-state index is 0.0842. The largest absolute Gasteiger partial charge is 0.480 e. The summed E-state index contributed by atoms with van der Waals surface area (Å²) in [6.45, 7) is 4.34. The van der Waals surface area contributed by atoms with Crippen LogP contribution in [0.5, 0.6) is 5.75 Å². The minimum Gasteiger partial charge on any atom is -0.480 e. The van der Waals surface area contributed by atoms with Crippen LogP contribution in [0.3, 0.4) is 0 Å². The van der Waals surface area contributed by atoms with E-state index in [9.17, 15) is 4.79 Å². The molecule has 0 aromatic heterocycles. The molecule has 0 spiro atoms. The normalized spacial score (nSPS) is 16.6. The standard InChI is InChI=1S/C16H23BrN2O2/c1-12(16(20)19-8-4-3-5-9-19)21-15-7-6-13(11-18-2)10-14(15)17/h6-7,10,12,18H,3-5,8-9,11H2,1-2H3. The lowest BCUT2D eigenvalue weighted by molar-refractivity contribution is -0.138. The first kappa shape index (κ1) is 16.3. The number of hydrogen-bond donors (Lipinski definition) is 1. The van der Waals surface area contributed by atoms with Gasteiger partial charge in [0.05, 0.1) is 4.47 Å². The summed E-state index contributed by atoms with van der Waals surface area (Å²) >= 11 is 3.51. The second kappa shape index (κ2) is 7.80. The maximum atomic E-state index is 12.4. The van der Waals surface area contributed by atoms with E-state index in [-0.39, 0.29) is 5.91 Å². The molecule has 0 radical (unpaired) electrons. The number of amides is 1. The highest BCUT2D eigenvalue weighted by Gasteiger charge is 2.23. The Kier molecular flexibility index (Phi) is 6.06. The second-order valence-corrected chi connectivity index (χ2v) is 6.30. The minimum atomic E-state index is -0.449. The molecule has 1 heterocycles. The van der Waals surface area contributed by atoms with Crippen molar-refractivity contribution in [1.82, 2.24) is 10.2 Å². The van der Waals surface area contributed by atoms with Gasteiger partial charge in [0.15, 0.2) is 6.10 Å². The number of carbonyl (C=O) groups is 1. The molecule has 1 aliphatic heterocycles. The van der Waals surface area contributed by atoms with E-state index in [1.54, 1.807) is 0 Å². The molecular weight excluding hydrogens is 332 g/mol. The monoisotopic (exact) mass is 354 g/mol. The van der Waals surface area contributed by atoms with Gasteiger partial charge in [-0.25, -0.2) is 0 Å². The van der Waals surface area contributed by atoms with Crippen molar-refractivity contribution in [2.75, 3.05) is 20.1 Å². The molecule has 0 bridgehead atoms. The molecular formula is C16H23BrN2O2. The van der Waals surface area contributed by atoms with Crippen molar-refractivity contribution in [3.8, 4) is 5.75 Å². The fourth-order valence-electron chi connectivity index (χ4n) is 2.57. The summed E-state index contributed by atoms with van der Waals surface area (Å²) in [6, 6.07) is 5.94. The number of nitrogens with zero attached hydrogens (tertiary/aromatic N) is 1. The molecule has 5 heteroatoms. The smallest absolute Gasteiger partial charge is 0.263 e. The van der Waals surface area contributed by atoms with E-state index in [1.807, 2.05) is 37.1 Å². The third-order valence-corrected chi connectivity index (χ3v) is 4.32. The molecule has 1 saturated heterocycles. The van der Waals surface area contributed by atoms with Crippen LogP contribution in [0.25, 0.3) is 0 Å². The van der Waals surface area contributed by atoms with Crippen LogP contribution in [0, 0.1) is 0 Å². The summed E-state index contributed by atoms with van der Waals surface area (Å²) in [6.07, 6.45) is 2.97. The van der Waals surface area contributed by atoms with Gasteiger partial charge < -0.3 is 15.0 Å². The summed E-state index contributed by atoms with van der Waals surface area (Å²) in [5, 5.41) is 3.11. The number of halogens is 1. The molecule has 1 aromatic carbocycles. The third-order valence-electron chi connectivity index (χ3n) is 3.70. The van der Waals surface area contributed by atoms with E-state index in [0.717, 1.165) is 36.9 Å². The predicted octanol–water partition coefficient (Wildman–Crippen LogP) is 2.95. The number of ether oxygens (including phenoxy) is 1. The molecule has 1 amide bonds. The molecule has 1 unspecified atom stereocenters. The molecule has 1 aliphatic rings. The highest BCUT2D eigenvalue weighted by atomic mass is 79.9. The van der Waals surface area contributed by atoms with Crippen molar-refractivity contribution < 1.29 is 9.53 Å². The molecule has 116 valence electrons. The van der Waals surface area contributed by atoms with E-state index in [2.05, 4.69) is 21.2 Å². The van der Waals surface area contributed by atoms with Crippen molar-refractivity contribution in [2.45, 2.75) is 38.8 Å². The Hall–Kier alpha value is -1.07. The van der Waals surface area contributed by atoms with Crippen LogP contribution in [0.15, 0.2) is 22.7 Å². The quantitative estimate of drug-likeness (QED) is 0.883. The van der Waals surface area contributed by atoms with Gasteiger partial charge in [0.2, 0.25) is 0 Å². The lowest BCUT2D eigenvalue weighted by Crippen LogP contribution is -2.43. The Morgan fingerprint density at radius 1 is 1.38 bits per heavy atom. The fraction of sp³-hybridized carbons (Fsp3) is 0.562. The molecule has 0 saturated carbocycles. The molecule has 4 nitrogen and oxygen atoms in total. The highest BCUT2D eigenvalue weighted by Crippen LogP contribution is 2.27. The average Bonchev–Trinajstić information content (AvgIpc) is 2.50. The first-order valence-corrected chi connectivity index (χ1v) is 8.29. The first-order valence-electron chi connectivity index (χ1n) is 7.50. The SMILES string of the molecule is CNCc1ccc(OC(C)C(=O)N2CCCCC2)c(Br)c1. The average molecular weight is 355 g/mol. The molecule has 1 N–H and O–H groups in total. The number of carbonyl (C=O) groups excluding carboxylic acids is 1. The molecule has 1 aromatic rings. The van der Waals surface area contributed by atoms with Gasteiger partial charge in [-0.15, -0.1) is 0 Å². The highest BCUT2D eigenvalue weighted by molar-refractivity contribution is 9.10. The topological polar surface area (TPSA) is 41.6 Å². The zero-order valence-corrected chi connectivity index (χ0v) is 14.3. The Balaban J connectivity index is 1.98. The number of likely N-dealkylation sites (tertiary alicyclic amines) is 1. The Bertz CT molecular complexity index is 487. The Morgan fingerprint density at radius 3 is 2.71 bits per heavy atom. The maximum Gasteiger partial charge on any atom is 0.263 e. The zero-order chi connectivity index (χ0) is 15.2. The van der Waals surface area contributed by atoms with Crippen molar-refractivity contribution in [2.24, 2.45) is 0 Å². The summed E-state index contributed by atoms with van der Waals surface area (Å²) in [5.74, 6) is 0.800. The van der Waals surface area contributed by atoms with Gasteiger partial charge in [0, 0.05) is 19.6 Å². The van der Waals surface area contributed by atoms with Gasteiger partial charge in [-0.05, 0) is 66.9 Å². The van der Waals surface area contributed by atoms with Crippen LogP contribution in [0.1, 0.15) is 31.7 Å². The summed E-state index contributed by atoms with van der Waals surface area (Å²) in [4.78, 5) is 14.3. The predicted molar refractivity (Wildman–Crippen MR) is 87.4 cm³/mol. The van der Waals surface area contributed by atoms with Crippen molar-refractivity contribution in [3.05, 3.63) is 28.2 Å². The Morgan fingerprint density at radius 2 is 2.10 bits per heavy atom. The van der Waals surface area contributed by atoms with E-state index in [1.165, 1.54) is 12.0 Å². The van der Waals surface area contributed by atoms with Crippen LogP contribution in [0.2, 0.25) is 0 Å². The second-order valence-electron chi connectivity index (χ2n) is 5.44. The fourth-order valence-corrected chi connectivity index (χ4v) is 3.09. The van der Waals surface area contributed by atoms with Crippen molar-refractivity contribution in [3.63, 3.8) is 0 Å². The van der Waals surface area contributed by atoms with Crippen LogP contribution in [-0.2, 0) is 11.3 Å². The van der Waals surface area contributed by atoms with E-state index < -0.39 is 6.10 Å². The van der Waals surface area contributed by atoms with Gasteiger partial charge in [-0.1, -0.05) is 6.07 Å². The van der Waals surface area contributed by atoms with Gasteiger partial charge in [0.1, 0.15) is 5.75 Å². The number of piperidine rings is 1. The first-order chi connectivity index (χ1) is 10.1. The zero-order valence-electron chi connectivity index (χ0n) is 12.7. The van der Waals surface area contributed by atoms with E-state index in [4.69, 9.17) is 4.74 Å². The lowest BCUT2D eigenvalue weighted by atomic mass is 10.1. The number of nitrogens with one attached hydrogen (secondary N) is 1. The molecule has 1 fully saturated rings. The molecule has 0 aliphatic carbocycles. The van der Waals surface area contributed by atoms with Crippen LogP contribution in [0.4, 0.5) is 0 Å². The van der Waals surface area contributed by atoms with Crippen LogP contribution >= 0.6 is 15.9 Å². The Labute approximate surface area is 135 Å². The number of rotatable bonds is 5. The van der Waals surface area contributed by atoms with E-state index >= 15 is 0 Å². The summed E-state index contributed by atoms with van der Waals surface area (Å²) in [7, 11) is 1.91. The molecule has 1 atom stereocenters. The van der Waals surface area contributed by atoms with Gasteiger partial charge >= 0.3 is 0 Å². The molecule has 2 rings (SSSR count). The molecule has 21 heavy (non-hydrogen) atoms. The van der Waals surface area contributed by atoms with Crippen molar-refractivity contribution in [1.29, 1.82) is 0 Å². The van der Waals surface area contributed by atoms with Gasteiger partial charge in [-0.2, -0.15) is 0 Å². The summed E-state index contributed by atoms with van der Waals surface area (Å²) < 4.78 is 6.72. The summed E-state index contributed by atoms with van der Waals surface area (Å²) in [5.41, 5.74) is 1.17. The van der Waals surface area contributed by atoms with Crippen LogP contribution in [-0.4, -0.2) is 37.0 Å². The lowest BCUT2D eigenvalue weighted by Gasteiger charge is -2.29.